The van der Waals surface area contributed by atoms with E-state index in [0.717, 1.165) is 21.1 Å². The highest BCUT2D eigenvalue weighted by atomic mass is 79.9. The lowest BCUT2D eigenvalue weighted by Crippen LogP contribution is -1.83. The molecule has 2 aromatic rings. The summed E-state index contributed by atoms with van der Waals surface area (Å²) in [6.07, 6.45) is 0. The molecule has 68 valence electrons. The summed E-state index contributed by atoms with van der Waals surface area (Å²) < 4.78 is 2.25. The molecular formula is C9H7BrClNS. The summed E-state index contributed by atoms with van der Waals surface area (Å²) in [5.74, 6) is 0.522. The molecule has 0 atom stereocenters. The van der Waals surface area contributed by atoms with E-state index in [4.69, 9.17) is 17.3 Å². The molecule has 1 heterocycles. The number of alkyl halides is 1. The maximum absolute atomic E-state index is 5.79. The zero-order valence-electron chi connectivity index (χ0n) is 6.68. The van der Waals surface area contributed by atoms with Gasteiger partial charge in [-0.3, -0.25) is 0 Å². The third-order valence-corrected chi connectivity index (χ3v) is 4.42. The molecule has 2 N–H and O–H groups in total. The minimum atomic E-state index is 0.522. The van der Waals surface area contributed by atoms with Gasteiger partial charge in [-0.1, -0.05) is 12.1 Å². The Morgan fingerprint density at radius 2 is 2.23 bits per heavy atom. The summed E-state index contributed by atoms with van der Waals surface area (Å²) in [5, 5.41) is 3.05. The van der Waals surface area contributed by atoms with Crippen LogP contribution in [0, 0.1) is 0 Å². The average Bonchev–Trinajstić information content (AvgIpc) is 2.50. The van der Waals surface area contributed by atoms with Gasteiger partial charge in [0, 0.05) is 21.1 Å². The zero-order chi connectivity index (χ0) is 9.42. The van der Waals surface area contributed by atoms with Crippen LogP contribution in [0.15, 0.2) is 22.0 Å². The van der Waals surface area contributed by atoms with Crippen LogP contribution in [0.5, 0.6) is 0 Å². The van der Waals surface area contributed by atoms with Gasteiger partial charge in [0.2, 0.25) is 0 Å². The number of anilines is 1. The number of benzene rings is 1. The number of fused-ring (bicyclic) bond motifs is 1. The molecule has 13 heavy (non-hydrogen) atoms. The van der Waals surface area contributed by atoms with Crippen molar-refractivity contribution >= 4 is 54.6 Å². The van der Waals surface area contributed by atoms with Crippen molar-refractivity contribution in [2.75, 3.05) is 5.73 Å². The zero-order valence-corrected chi connectivity index (χ0v) is 9.84. The number of hydrogen-bond donors (Lipinski definition) is 1. The summed E-state index contributed by atoms with van der Waals surface area (Å²) in [7, 11) is 0. The van der Waals surface area contributed by atoms with Crippen molar-refractivity contribution in [2.24, 2.45) is 0 Å². The molecule has 0 saturated carbocycles. The van der Waals surface area contributed by atoms with Crippen LogP contribution < -0.4 is 5.73 Å². The van der Waals surface area contributed by atoms with Crippen molar-refractivity contribution in [2.45, 2.75) is 5.88 Å². The summed E-state index contributed by atoms with van der Waals surface area (Å²) in [6.45, 7) is 0. The first-order chi connectivity index (χ1) is 6.24. The lowest BCUT2D eigenvalue weighted by atomic mass is 10.2. The molecule has 0 unspecified atom stereocenters. The minimum Gasteiger partial charge on any atom is -0.398 e. The Morgan fingerprint density at radius 3 is 2.92 bits per heavy atom. The predicted octanol–water partition coefficient (Wildman–Crippen LogP) is 3.98. The van der Waals surface area contributed by atoms with E-state index in [-0.39, 0.29) is 0 Å². The summed E-state index contributed by atoms with van der Waals surface area (Å²) in [6, 6.07) is 4.02. The SMILES string of the molecule is Nc1csc2c(Br)c(CCl)ccc12. The highest BCUT2D eigenvalue weighted by Crippen LogP contribution is 2.36. The quantitative estimate of drug-likeness (QED) is 0.783. The Labute approximate surface area is 93.6 Å². The Hall–Kier alpha value is -0.250. The fraction of sp³-hybridized carbons (Fsp3) is 0.111. The van der Waals surface area contributed by atoms with Gasteiger partial charge in [0.15, 0.2) is 0 Å². The van der Waals surface area contributed by atoms with Crippen molar-refractivity contribution in [3.05, 3.63) is 27.5 Å². The van der Waals surface area contributed by atoms with Crippen LogP contribution in [0.4, 0.5) is 5.69 Å². The lowest BCUT2D eigenvalue weighted by molar-refractivity contribution is 1.40. The van der Waals surface area contributed by atoms with Crippen molar-refractivity contribution < 1.29 is 0 Å². The standard InChI is InChI=1S/C9H7BrClNS/c10-8-5(3-11)1-2-6-7(12)4-13-9(6)8/h1-2,4H,3,12H2. The molecule has 4 heteroatoms. The van der Waals surface area contributed by atoms with Gasteiger partial charge < -0.3 is 5.73 Å². The molecule has 0 aliphatic rings. The van der Waals surface area contributed by atoms with Crippen LogP contribution in [-0.2, 0) is 5.88 Å². The average molecular weight is 277 g/mol. The van der Waals surface area contributed by atoms with Gasteiger partial charge in [-0.15, -0.1) is 22.9 Å². The maximum Gasteiger partial charge on any atom is 0.0509 e. The van der Waals surface area contributed by atoms with Gasteiger partial charge in [0.05, 0.1) is 10.4 Å². The van der Waals surface area contributed by atoms with Crippen molar-refractivity contribution in [1.82, 2.24) is 0 Å². The van der Waals surface area contributed by atoms with Gasteiger partial charge in [0.1, 0.15) is 0 Å². The Kier molecular flexibility index (Phi) is 2.49. The molecule has 0 spiro atoms. The number of nitrogens with two attached hydrogens (primary N) is 1. The highest BCUT2D eigenvalue weighted by molar-refractivity contribution is 9.10. The van der Waals surface area contributed by atoms with Gasteiger partial charge in [0.25, 0.3) is 0 Å². The fourth-order valence-electron chi connectivity index (χ4n) is 1.23. The van der Waals surface area contributed by atoms with E-state index in [2.05, 4.69) is 15.9 Å². The van der Waals surface area contributed by atoms with E-state index < -0.39 is 0 Å². The van der Waals surface area contributed by atoms with Crippen molar-refractivity contribution in [1.29, 1.82) is 0 Å². The van der Waals surface area contributed by atoms with Crippen molar-refractivity contribution in [3.63, 3.8) is 0 Å². The summed E-state index contributed by atoms with van der Waals surface area (Å²) >= 11 is 10.9. The van der Waals surface area contributed by atoms with E-state index in [1.165, 1.54) is 4.70 Å². The summed E-state index contributed by atoms with van der Waals surface area (Å²) in [4.78, 5) is 0. The van der Waals surface area contributed by atoms with E-state index in [0.29, 0.717) is 5.88 Å². The first-order valence-corrected chi connectivity index (χ1v) is 5.94. The molecule has 1 nitrogen and oxygen atoms in total. The molecule has 0 fully saturated rings. The second-order valence-corrected chi connectivity index (χ2v) is 4.68. The van der Waals surface area contributed by atoms with E-state index in [1.54, 1.807) is 11.3 Å². The normalized spacial score (nSPS) is 10.9. The van der Waals surface area contributed by atoms with Crippen LogP contribution in [0.2, 0.25) is 0 Å². The van der Waals surface area contributed by atoms with Gasteiger partial charge in [-0.2, -0.15) is 0 Å². The van der Waals surface area contributed by atoms with Gasteiger partial charge >= 0.3 is 0 Å². The van der Waals surface area contributed by atoms with Crippen LogP contribution in [-0.4, -0.2) is 0 Å². The van der Waals surface area contributed by atoms with Gasteiger partial charge in [-0.05, 0) is 21.5 Å². The van der Waals surface area contributed by atoms with Crippen molar-refractivity contribution in [3.8, 4) is 0 Å². The molecule has 0 amide bonds. The number of thiophene rings is 1. The van der Waals surface area contributed by atoms with Crippen LogP contribution in [0.1, 0.15) is 5.56 Å². The van der Waals surface area contributed by atoms with Crippen LogP contribution in [0.3, 0.4) is 0 Å². The molecule has 0 saturated heterocycles. The molecule has 1 aromatic carbocycles. The van der Waals surface area contributed by atoms with Crippen LogP contribution in [0.25, 0.3) is 10.1 Å². The molecule has 0 bridgehead atoms. The maximum atomic E-state index is 5.79. The smallest absolute Gasteiger partial charge is 0.0509 e. The minimum absolute atomic E-state index is 0.522. The third-order valence-electron chi connectivity index (χ3n) is 1.94. The fourth-order valence-corrected chi connectivity index (χ4v) is 3.30. The Balaban J connectivity index is 2.80. The number of halogens is 2. The number of hydrogen-bond acceptors (Lipinski definition) is 2. The summed E-state index contributed by atoms with van der Waals surface area (Å²) in [5.41, 5.74) is 7.74. The lowest BCUT2D eigenvalue weighted by Gasteiger charge is -2.00. The molecular weight excluding hydrogens is 270 g/mol. The highest BCUT2D eigenvalue weighted by Gasteiger charge is 2.07. The molecule has 0 aliphatic heterocycles. The first kappa shape index (κ1) is 9.31. The first-order valence-electron chi connectivity index (χ1n) is 3.74. The Bertz CT molecular complexity index is 452. The largest absolute Gasteiger partial charge is 0.398 e. The second-order valence-electron chi connectivity index (χ2n) is 2.74. The van der Waals surface area contributed by atoms with E-state index in [1.807, 2.05) is 17.5 Å². The van der Waals surface area contributed by atoms with E-state index >= 15 is 0 Å². The monoisotopic (exact) mass is 275 g/mol. The van der Waals surface area contributed by atoms with Gasteiger partial charge in [-0.25, -0.2) is 0 Å². The topological polar surface area (TPSA) is 26.0 Å². The second kappa shape index (κ2) is 3.48. The number of nitrogen functional groups attached to an aromatic ring is 1. The number of rotatable bonds is 1. The molecule has 1 aromatic heterocycles. The third kappa shape index (κ3) is 1.45. The molecule has 2 rings (SSSR count). The molecule has 0 aliphatic carbocycles. The van der Waals surface area contributed by atoms with Crippen LogP contribution >= 0.6 is 38.9 Å². The molecule has 0 radical (unpaired) electrons. The van der Waals surface area contributed by atoms with E-state index in [9.17, 15) is 0 Å². The predicted molar refractivity (Wildman–Crippen MR) is 63.5 cm³/mol. The Morgan fingerprint density at radius 1 is 1.46 bits per heavy atom.